The van der Waals surface area contributed by atoms with Crippen LogP contribution in [-0.4, -0.2) is 39.6 Å². The van der Waals surface area contributed by atoms with Crippen molar-refractivity contribution in [1.82, 2.24) is 5.32 Å². The zero-order valence-corrected chi connectivity index (χ0v) is 22.1. The monoisotopic (exact) mass is 521 g/mol. The molecule has 37 heavy (non-hydrogen) atoms. The van der Waals surface area contributed by atoms with Crippen LogP contribution < -0.4 is 14.9 Å². The molecule has 0 unspecified atom stereocenters. The number of nitrogens with one attached hydrogen (secondary N) is 2. The first kappa shape index (κ1) is 25.5. The quantitative estimate of drug-likeness (QED) is 0.476. The number of anilines is 2. The van der Waals surface area contributed by atoms with Gasteiger partial charge in [-0.25, -0.2) is 8.42 Å². The standard InChI is InChI=1S/C29H35N3O4S/c1-3-12-30-28(34)25-6-4-5-7-26(25)31-27(33)19-32(37(2,35)36)24-10-8-23(9-11-24)29-16-20-13-21(17-29)15-22(14-20)18-29/h3-11,20-22H,1,12-19H2,2H3,(H,30,34)(H,31,33). The maximum Gasteiger partial charge on any atom is 0.253 e. The molecule has 4 saturated carbocycles. The first-order valence-corrected chi connectivity index (χ1v) is 14.9. The fourth-order valence-electron chi connectivity index (χ4n) is 7.22. The summed E-state index contributed by atoms with van der Waals surface area (Å²) in [5.41, 5.74) is 2.59. The zero-order chi connectivity index (χ0) is 26.2. The Bertz CT molecular complexity index is 1270. The Morgan fingerprint density at radius 2 is 1.59 bits per heavy atom. The number of carbonyl (C=O) groups is 2. The Morgan fingerprint density at radius 3 is 2.16 bits per heavy atom. The van der Waals surface area contributed by atoms with E-state index < -0.39 is 22.5 Å². The molecule has 2 aromatic rings. The molecule has 6 rings (SSSR count). The summed E-state index contributed by atoms with van der Waals surface area (Å²) in [5.74, 6) is 1.59. The fourth-order valence-corrected chi connectivity index (χ4v) is 8.07. The molecule has 2 N–H and O–H groups in total. The molecule has 2 amide bonds. The number of carbonyl (C=O) groups excluding carboxylic acids is 2. The Morgan fingerprint density at radius 1 is 1.00 bits per heavy atom. The molecule has 196 valence electrons. The number of benzene rings is 2. The molecule has 0 aromatic heterocycles. The lowest BCUT2D eigenvalue weighted by Gasteiger charge is -2.57. The first-order valence-electron chi connectivity index (χ1n) is 13.0. The fraction of sp³-hybridized carbons (Fsp3) is 0.448. The van der Waals surface area contributed by atoms with E-state index in [1.54, 1.807) is 30.3 Å². The normalized spacial score (nSPS) is 25.9. The van der Waals surface area contributed by atoms with Gasteiger partial charge in [-0.05, 0) is 91.5 Å². The minimum Gasteiger partial charge on any atom is -0.349 e. The van der Waals surface area contributed by atoms with E-state index in [9.17, 15) is 18.0 Å². The van der Waals surface area contributed by atoms with Crippen LogP contribution in [0.15, 0.2) is 61.2 Å². The number of hydrogen-bond acceptors (Lipinski definition) is 4. The van der Waals surface area contributed by atoms with Crippen LogP contribution in [0.5, 0.6) is 0 Å². The summed E-state index contributed by atoms with van der Waals surface area (Å²) in [5, 5.41) is 5.40. The van der Waals surface area contributed by atoms with Gasteiger partial charge in [0.25, 0.3) is 5.91 Å². The predicted octanol–water partition coefficient (Wildman–Crippen LogP) is 4.47. The highest BCUT2D eigenvalue weighted by atomic mass is 32.2. The van der Waals surface area contributed by atoms with Crippen molar-refractivity contribution in [3.8, 4) is 0 Å². The number of nitrogens with zero attached hydrogens (tertiary/aromatic N) is 1. The highest BCUT2D eigenvalue weighted by molar-refractivity contribution is 7.92. The van der Waals surface area contributed by atoms with Crippen LogP contribution in [0.4, 0.5) is 11.4 Å². The first-order chi connectivity index (χ1) is 17.7. The van der Waals surface area contributed by atoms with Crippen molar-refractivity contribution in [2.24, 2.45) is 17.8 Å². The van der Waals surface area contributed by atoms with Crippen LogP contribution in [0, 0.1) is 17.8 Å². The van der Waals surface area contributed by atoms with Crippen LogP contribution in [-0.2, 0) is 20.2 Å². The van der Waals surface area contributed by atoms with Crippen molar-refractivity contribution >= 4 is 33.2 Å². The van der Waals surface area contributed by atoms with Crippen LogP contribution in [0.25, 0.3) is 0 Å². The van der Waals surface area contributed by atoms with E-state index in [1.165, 1.54) is 44.1 Å². The third-order valence-corrected chi connectivity index (χ3v) is 9.49. The summed E-state index contributed by atoms with van der Waals surface area (Å²) < 4.78 is 26.5. The van der Waals surface area contributed by atoms with Gasteiger partial charge in [0.15, 0.2) is 0 Å². The third-order valence-electron chi connectivity index (χ3n) is 8.35. The molecular weight excluding hydrogens is 486 g/mol. The lowest BCUT2D eigenvalue weighted by Crippen LogP contribution is -2.48. The maximum absolute atomic E-state index is 13.0. The highest BCUT2D eigenvalue weighted by Gasteiger charge is 2.51. The maximum atomic E-state index is 13.0. The summed E-state index contributed by atoms with van der Waals surface area (Å²) in [6.07, 6.45) is 10.5. The van der Waals surface area contributed by atoms with E-state index in [-0.39, 0.29) is 11.3 Å². The molecule has 0 saturated heterocycles. The third kappa shape index (κ3) is 5.30. The SMILES string of the molecule is C=CCNC(=O)c1ccccc1NC(=O)CN(c1ccc(C23CC4CC(CC(C4)C2)C3)cc1)S(C)(=O)=O. The van der Waals surface area contributed by atoms with E-state index in [0.29, 0.717) is 23.5 Å². The number of para-hydroxylation sites is 1. The van der Waals surface area contributed by atoms with Gasteiger partial charge >= 0.3 is 0 Å². The van der Waals surface area contributed by atoms with E-state index in [1.807, 2.05) is 12.1 Å². The number of sulfonamides is 1. The van der Waals surface area contributed by atoms with E-state index in [0.717, 1.165) is 28.3 Å². The summed E-state index contributed by atoms with van der Waals surface area (Å²) >= 11 is 0. The van der Waals surface area contributed by atoms with Crippen molar-refractivity contribution in [1.29, 1.82) is 0 Å². The Labute approximate surface area is 219 Å². The minimum atomic E-state index is -3.72. The summed E-state index contributed by atoms with van der Waals surface area (Å²) in [4.78, 5) is 25.4. The molecule has 0 aliphatic heterocycles. The van der Waals surface area contributed by atoms with Crippen LogP contribution in [0.1, 0.15) is 54.4 Å². The van der Waals surface area contributed by atoms with Gasteiger partial charge in [0, 0.05) is 6.54 Å². The van der Waals surface area contributed by atoms with Crippen LogP contribution in [0.3, 0.4) is 0 Å². The predicted molar refractivity (Wildman–Crippen MR) is 146 cm³/mol. The molecule has 4 bridgehead atoms. The smallest absolute Gasteiger partial charge is 0.253 e. The molecule has 2 aromatic carbocycles. The number of amides is 2. The molecule has 0 spiro atoms. The summed E-state index contributed by atoms with van der Waals surface area (Å²) in [6, 6.07) is 14.4. The van der Waals surface area contributed by atoms with Gasteiger partial charge in [0.2, 0.25) is 15.9 Å². The second-order valence-corrected chi connectivity index (χ2v) is 13.0. The van der Waals surface area contributed by atoms with Crippen molar-refractivity contribution in [3.05, 3.63) is 72.3 Å². The molecule has 8 heteroatoms. The van der Waals surface area contributed by atoms with E-state index in [2.05, 4.69) is 29.3 Å². The highest BCUT2D eigenvalue weighted by Crippen LogP contribution is 2.60. The van der Waals surface area contributed by atoms with Crippen molar-refractivity contribution in [3.63, 3.8) is 0 Å². The van der Waals surface area contributed by atoms with E-state index >= 15 is 0 Å². The average molecular weight is 522 g/mol. The second-order valence-electron chi connectivity index (χ2n) is 11.1. The molecule has 0 radical (unpaired) electrons. The average Bonchev–Trinajstić information content (AvgIpc) is 2.85. The molecule has 4 aliphatic rings. The van der Waals surface area contributed by atoms with Crippen molar-refractivity contribution in [2.75, 3.05) is 29.0 Å². The van der Waals surface area contributed by atoms with Gasteiger partial charge in [-0.3, -0.25) is 13.9 Å². The van der Waals surface area contributed by atoms with E-state index in [4.69, 9.17) is 0 Å². The van der Waals surface area contributed by atoms with Gasteiger partial charge < -0.3 is 10.6 Å². The van der Waals surface area contributed by atoms with Gasteiger partial charge in [-0.2, -0.15) is 0 Å². The van der Waals surface area contributed by atoms with Crippen LogP contribution in [0.2, 0.25) is 0 Å². The topological polar surface area (TPSA) is 95.6 Å². The zero-order valence-electron chi connectivity index (χ0n) is 21.3. The molecule has 4 aliphatic carbocycles. The van der Waals surface area contributed by atoms with Crippen molar-refractivity contribution in [2.45, 2.75) is 43.9 Å². The Hall–Kier alpha value is -3.13. The van der Waals surface area contributed by atoms with Gasteiger partial charge in [0.05, 0.1) is 23.2 Å². The van der Waals surface area contributed by atoms with Crippen LogP contribution >= 0.6 is 0 Å². The second kappa shape index (κ2) is 9.97. The van der Waals surface area contributed by atoms with Gasteiger partial charge in [-0.1, -0.05) is 30.3 Å². The lowest BCUT2D eigenvalue weighted by molar-refractivity contribution is -0.114. The van der Waals surface area contributed by atoms with Crippen molar-refractivity contribution < 1.29 is 18.0 Å². The molecule has 0 atom stereocenters. The Kier molecular flexibility index (Phi) is 6.88. The summed E-state index contributed by atoms with van der Waals surface area (Å²) in [7, 11) is -3.72. The minimum absolute atomic E-state index is 0.219. The molecule has 7 nitrogen and oxygen atoms in total. The molecular formula is C29H35N3O4S. The number of rotatable bonds is 9. The molecule has 4 fully saturated rings. The lowest BCUT2D eigenvalue weighted by atomic mass is 9.48. The Balaban J connectivity index is 1.32. The summed E-state index contributed by atoms with van der Waals surface area (Å²) in [6.45, 7) is 3.49. The number of hydrogen-bond donors (Lipinski definition) is 2. The largest absolute Gasteiger partial charge is 0.349 e. The van der Waals surface area contributed by atoms with Gasteiger partial charge in [0.1, 0.15) is 6.54 Å². The van der Waals surface area contributed by atoms with Gasteiger partial charge in [-0.15, -0.1) is 6.58 Å². The molecule has 0 heterocycles.